The standard InChI is InChI=1S/C17H17N3O6/c1-3-25-16-14(5-4-10-18-16)17(22)26-11(2)15(21)19-12-6-8-13(9-7-12)20(23)24/h4-11H,3H2,1-2H3,(H,19,21)/t11-/m1/s1. The second kappa shape index (κ2) is 8.56. The topological polar surface area (TPSA) is 121 Å². The number of benzene rings is 1. The summed E-state index contributed by atoms with van der Waals surface area (Å²) in [6.07, 6.45) is 0.388. The monoisotopic (exact) mass is 359 g/mol. The van der Waals surface area contributed by atoms with Crippen molar-refractivity contribution in [3.8, 4) is 5.88 Å². The zero-order chi connectivity index (χ0) is 19.1. The quantitative estimate of drug-likeness (QED) is 0.458. The zero-order valence-corrected chi connectivity index (χ0v) is 14.2. The molecular weight excluding hydrogens is 342 g/mol. The molecule has 0 aliphatic carbocycles. The van der Waals surface area contributed by atoms with Crippen LogP contribution in [0.2, 0.25) is 0 Å². The van der Waals surface area contributed by atoms with E-state index in [2.05, 4.69) is 10.3 Å². The summed E-state index contributed by atoms with van der Waals surface area (Å²) in [5.74, 6) is -1.19. The van der Waals surface area contributed by atoms with Gasteiger partial charge in [-0.2, -0.15) is 0 Å². The number of nitrogens with one attached hydrogen (secondary N) is 1. The van der Waals surface area contributed by atoms with Crippen molar-refractivity contribution < 1.29 is 24.0 Å². The number of aromatic nitrogens is 1. The molecule has 0 radical (unpaired) electrons. The van der Waals surface area contributed by atoms with Crippen molar-refractivity contribution in [2.45, 2.75) is 20.0 Å². The van der Waals surface area contributed by atoms with Gasteiger partial charge in [-0.1, -0.05) is 0 Å². The first-order chi connectivity index (χ1) is 12.4. The first-order valence-corrected chi connectivity index (χ1v) is 7.76. The minimum atomic E-state index is -1.09. The van der Waals surface area contributed by atoms with E-state index >= 15 is 0 Å². The molecule has 0 unspecified atom stereocenters. The number of hydrogen-bond acceptors (Lipinski definition) is 7. The molecule has 0 saturated carbocycles. The van der Waals surface area contributed by atoms with E-state index < -0.39 is 22.9 Å². The summed E-state index contributed by atoms with van der Waals surface area (Å²) in [6.45, 7) is 3.49. The summed E-state index contributed by atoms with van der Waals surface area (Å²) < 4.78 is 10.4. The van der Waals surface area contributed by atoms with E-state index in [9.17, 15) is 19.7 Å². The maximum atomic E-state index is 12.2. The van der Waals surface area contributed by atoms with Crippen LogP contribution in [-0.2, 0) is 9.53 Å². The van der Waals surface area contributed by atoms with Gasteiger partial charge >= 0.3 is 5.97 Å². The molecule has 9 nitrogen and oxygen atoms in total. The average molecular weight is 359 g/mol. The van der Waals surface area contributed by atoms with Crippen LogP contribution in [0.15, 0.2) is 42.6 Å². The van der Waals surface area contributed by atoms with Gasteiger partial charge in [0.15, 0.2) is 6.10 Å². The highest BCUT2D eigenvalue weighted by Gasteiger charge is 2.22. The lowest BCUT2D eigenvalue weighted by atomic mass is 10.2. The van der Waals surface area contributed by atoms with Gasteiger partial charge in [0.25, 0.3) is 11.6 Å². The van der Waals surface area contributed by atoms with Gasteiger partial charge in [0.05, 0.1) is 11.5 Å². The number of esters is 1. The number of carbonyl (C=O) groups is 2. The number of amides is 1. The van der Waals surface area contributed by atoms with Gasteiger partial charge in [-0.15, -0.1) is 0 Å². The fraction of sp³-hybridized carbons (Fsp3) is 0.235. The summed E-state index contributed by atoms with van der Waals surface area (Å²) in [4.78, 5) is 38.4. The third kappa shape index (κ3) is 4.76. The largest absolute Gasteiger partial charge is 0.477 e. The van der Waals surface area contributed by atoms with Gasteiger partial charge in [0.1, 0.15) is 5.56 Å². The number of hydrogen-bond donors (Lipinski definition) is 1. The molecule has 0 fully saturated rings. The van der Waals surface area contributed by atoms with Crippen molar-refractivity contribution in [1.82, 2.24) is 4.98 Å². The van der Waals surface area contributed by atoms with E-state index in [0.29, 0.717) is 12.3 Å². The SMILES string of the molecule is CCOc1ncccc1C(=O)O[C@H](C)C(=O)Nc1ccc([N+](=O)[O-])cc1. The molecular formula is C17H17N3O6. The van der Waals surface area contributed by atoms with Gasteiger partial charge in [-0.25, -0.2) is 9.78 Å². The highest BCUT2D eigenvalue weighted by Crippen LogP contribution is 2.18. The molecule has 9 heteroatoms. The van der Waals surface area contributed by atoms with Crippen molar-refractivity contribution in [3.63, 3.8) is 0 Å². The number of rotatable bonds is 7. The number of carbonyl (C=O) groups excluding carboxylic acids is 2. The molecule has 1 aromatic heterocycles. The van der Waals surface area contributed by atoms with E-state index in [1.807, 2.05) is 0 Å². The third-order valence-corrected chi connectivity index (χ3v) is 3.27. The number of ether oxygens (including phenoxy) is 2. The van der Waals surface area contributed by atoms with Crippen LogP contribution in [0.4, 0.5) is 11.4 Å². The molecule has 136 valence electrons. The number of nitro groups is 1. The Morgan fingerprint density at radius 3 is 2.58 bits per heavy atom. The van der Waals surface area contributed by atoms with E-state index in [1.54, 1.807) is 13.0 Å². The molecule has 1 atom stereocenters. The van der Waals surface area contributed by atoms with E-state index in [1.165, 1.54) is 43.5 Å². The van der Waals surface area contributed by atoms with Gasteiger partial charge in [-0.3, -0.25) is 14.9 Å². The molecule has 1 heterocycles. The Labute approximate surface area is 149 Å². The van der Waals surface area contributed by atoms with Crippen LogP contribution in [-0.4, -0.2) is 34.5 Å². The van der Waals surface area contributed by atoms with Gasteiger partial charge in [0, 0.05) is 24.0 Å². The van der Waals surface area contributed by atoms with Crippen molar-refractivity contribution in [1.29, 1.82) is 0 Å². The van der Waals surface area contributed by atoms with Crippen LogP contribution < -0.4 is 10.1 Å². The Bertz CT molecular complexity index is 806. The van der Waals surface area contributed by atoms with Crippen LogP contribution in [0, 0.1) is 10.1 Å². The summed E-state index contributed by atoms with van der Waals surface area (Å²) in [5.41, 5.74) is 0.367. The summed E-state index contributed by atoms with van der Waals surface area (Å²) in [6, 6.07) is 8.34. The molecule has 2 rings (SSSR count). The number of anilines is 1. The molecule has 0 aliphatic heterocycles. The van der Waals surface area contributed by atoms with E-state index in [-0.39, 0.29) is 17.1 Å². The predicted molar refractivity (Wildman–Crippen MR) is 92.0 cm³/mol. The summed E-state index contributed by atoms with van der Waals surface area (Å²) in [7, 11) is 0. The Balaban J connectivity index is 2.00. The number of pyridine rings is 1. The van der Waals surface area contributed by atoms with Gasteiger partial charge in [0.2, 0.25) is 5.88 Å². The number of nitro benzene ring substituents is 1. The number of non-ortho nitro benzene ring substituents is 1. The van der Waals surface area contributed by atoms with Crippen molar-refractivity contribution >= 4 is 23.3 Å². The average Bonchev–Trinajstić information content (AvgIpc) is 2.62. The van der Waals surface area contributed by atoms with Crippen LogP contribution in [0.3, 0.4) is 0 Å². The Kier molecular flexibility index (Phi) is 6.20. The lowest BCUT2D eigenvalue weighted by molar-refractivity contribution is -0.384. The van der Waals surface area contributed by atoms with E-state index in [0.717, 1.165) is 0 Å². The molecule has 0 bridgehead atoms. The van der Waals surface area contributed by atoms with Crippen molar-refractivity contribution in [2.75, 3.05) is 11.9 Å². The Hall–Kier alpha value is -3.49. The fourth-order valence-corrected chi connectivity index (χ4v) is 1.99. The second-order valence-electron chi connectivity index (χ2n) is 5.13. The highest BCUT2D eigenvalue weighted by molar-refractivity contribution is 5.98. The number of nitrogens with zero attached hydrogens (tertiary/aromatic N) is 2. The van der Waals surface area contributed by atoms with Crippen LogP contribution in [0.25, 0.3) is 0 Å². The van der Waals surface area contributed by atoms with Crippen LogP contribution in [0.1, 0.15) is 24.2 Å². The molecule has 2 aromatic rings. The van der Waals surface area contributed by atoms with Crippen LogP contribution in [0.5, 0.6) is 5.88 Å². The van der Waals surface area contributed by atoms with Gasteiger partial charge in [-0.05, 0) is 38.1 Å². The molecule has 1 amide bonds. The lowest BCUT2D eigenvalue weighted by Gasteiger charge is -2.14. The summed E-state index contributed by atoms with van der Waals surface area (Å²) in [5, 5.41) is 13.1. The van der Waals surface area contributed by atoms with E-state index in [4.69, 9.17) is 9.47 Å². The molecule has 26 heavy (non-hydrogen) atoms. The molecule has 1 aromatic carbocycles. The normalized spacial score (nSPS) is 11.3. The first kappa shape index (κ1) is 18.8. The third-order valence-electron chi connectivity index (χ3n) is 3.27. The maximum Gasteiger partial charge on any atom is 0.344 e. The van der Waals surface area contributed by atoms with Crippen molar-refractivity contribution in [3.05, 3.63) is 58.3 Å². The predicted octanol–water partition coefficient (Wildman–Crippen LogP) is 2.57. The maximum absolute atomic E-state index is 12.2. The van der Waals surface area contributed by atoms with Crippen LogP contribution >= 0.6 is 0 Å². The smallest absolute Gasteiger partial charge is 0.344 e. The molecule has 0 spiro atoms. The summed E-state index contributed by atoms with van der Waals surface area (Å²) >= 11 is 0. The minimum absolute atomic E-state index is 0.0949. The first-order valence-electron chi connectivity index (χ1n) is 7.76. The molecule has 0 aliphatic rings. The molecule has 1 N–H and O–H groups in total. The van der Waals surface area contributed by atoms with Crippen molar-refractivity contribution in [2.24, 2.45) is 0 Å². The highest BCUT2D eigenvalue weighted by atomic mass is 16.6. The lowest BCUT2D eigenvalue weighted by Crippen LogP contribution is -2.30. The Morgan fingerprint density at radius 1 is 1.27 bits per heavy atom. The Morgan fingerprint density at radius 2 is 1.96 bits per heavy atom. The fourth-order valence-electron chi connectivity index (χ4n) is 1.99. The zero-order valence-electron chi connectivity index (χ0n) is 14.2. The molecule has 0 saturated heterocycles. The van der Waals surface area contributed by atoms with Gasteiger partial charge < -0.3 is 14.8 Å². The minimum Gasteiger partial charge on any atom is -0.477 e. The second-order valence-corrected chi connectivity index (χ2v) is 5.13.